The van der Waals surface area contributed by atoms with Gasteiger partial charge in [-0.05, 0) is 31.2 Å². The lowest BCUT2D eigenvalue weighted by atomic mass is 10.0. The molecule has 146 valence electrons. The second kappa shape index (κ2) is 7.64. The van der Waals surface area contributed by atoms with E-state index in [4.69, 9.17) is 5.73 Å². The highest BCUT2D eigenvalue weighted by atomic mass is 16.2. The number of amides is 1. The Morgan fingerprint density at radius 2 is 2.15 bits per heavy atom. The first kappa shape index (κ1) is 19.3. The van der Waals surface area contributed by atoms with Crippen molar-refractivity contribution >= 4 is 16.9 Å². The first-order valence-electron chi connectivity index (χ1n) is 9.57. The van der Waals surface area contributed by atoms with E-state index in [0.29, 0.717) is 37.3 Å². The van der Waals surface area contributed by atoms with Gasteiger partial charge in [0.25, 0.3) is 11.5 Å². The van der Waals surface area contributed by atoms with Gasteiger partial charge in [-0.2, -0.15) is 0 Å². The van der Waals surface area contributed by atoms with Crippen molar-refractivity contribution in [2.75, 3.05) is 13.1 Å². The highest BCUT2D eigenvalue weighted by Gasteiger charge is 2.31. The van der Waals surface area contributed by atoms with Crippen molar-refractivity contribution in [2.45, 2.75) is 58.5 Å². The maximum atomic E-state index is 13.3. The molecule has 8 heteroatoms. The van der Waals surface area contributed by atoms with Gasteiger partial charge >= 0.3 is 5.69 Å². The number of carbonyl (C=O) groups excluding carboxylic acids is 1. The van der Waals surface area contributed by atoms with Crippen molar-refractivity contribution < 1.29 is 4.79 Å². The molecule has 1 amide bonds. The fraction of sp³-hybridized carbons (Fsp3) is 0.579. The zero-order chi connectivity index (χ0) is 19.7. The number of hydrogen-bond acceptors (Lipinski definition) is 5. The summed E-state index contributed by atoms with van der Waals surface area (Å²) in [4.78, 5) is 46.9. The molecule has 0 radical (unpaired) electrons. The fourth-order valence-electron chi connectivity index (χ4n) is 3.69. The number of nitrogens with zero attached hydrogens (tertiary/aromatic N) is 3. The van der Waals surface area contributed by atoms with Gasteiger partial charge < -0.3 is 10.6 Å². The number of likely N-dealkylation sites (tertiary alicyclic amines) is 1. The summed E-state index contributed by atoms with van der Waals surface area (Å²) < 4.78 is 1.45. The molecule has 0 aromatic carbocycles. The quantitative estimate of drug-likeness (QED) is 0.817. The first-order chi connectivity index (χ1) is 12.9. The standard InChI is InChI=1S/C19H27N5O3/c1-4-7-24-16-15(17(25)22-19(24)27)13(9-14(21-16)11(2)3)18(26)23-8-5-6-12(23)10-20/h9,11-12H,4-8,10,20H2,1-3H3,(H,22,25,27). The molecule has 3 rings (SSSR count). The molecule has 8 nitrogen and oxygen atoms in total. The van der Waals surface area contributed by atoms with Gasteiger partial charge in [-0.3, -0.25) is 19.1 Å². The molecule has 1 fully saturated rings. The molecule has 1 atom stereocenters. The average Bonchev–Trinajstić information content (AvgIpc) is 3.12. The Morgan fingerprint density at radius 3 is 2.78 bits per heavy atom. The van der Waals surface area contributed by atoms with Crippen LogP contribution in [0.5, 0.6) is 0 Å². The lowest BCUT2D eigenvalue weighted by Gasteiger charge is -2.24. The van der Waals surface area contributed by atoms with Crippen molar-refractivity contribution in [1.29, 1.82) is 0 Å². The zero-order valence-electron chi connectivity index (χ0n) is 16.1. The molecule has 0 bridgehead atoms. The number of rotatable bonds is 5. The molecule has 1 saturated heterocycles. The summed E-state index contributed by atoms with van der Waals surface area (Å²) in [7, 11) is 0. The van der Waals surface area contributed by atoms with E-state index >= 15 is 0 Å². The number of aryl methyl sites for hydroxylation is 1. The SMILES string of the molecule is CCCn1c(=O)[nH]c(=O)c2c(C(=O)N3CCCC3CN)cc(C(C)C)nc21. The van der Waals surface area contributed by atoms with Crippen molar-refractivity contribution in [2.24, 2.45) is 5.73 Å². The van der Waals surface area contributed by atoms with Crippen LogP contribution in [0.3, 0.4) is 0 Å². The zero-order valence-corrected chi connectivity index (χ0v) is 16.1. The Kier molecular flexibility index (Phi) is 5.46. The summed E-state index contributed by atoms with van der Waals surface area (Å²) in [6.07, 6.45) is 2.46. The molecule has 2 aromatic rings. The van der Waals surface area contributed by atoms with E-state index in [1.54, 1.807) is 11.0 Å². The number of H-pyrrole nitrogens is 1. The minimum absolute atomic E-state index is 0.0242. The molecule has 2 aromatic heterocycles. The van der Waals surface area contributed by atoms with E-state index in [0.717, 1.165) is 12.8 Å². The van der Waals surface area contributed by atoms with Gasteiger partial charge in [0.1, 0.15) is 0 Å². The van der Waals surface area contributed by atoms with Crippen LogP contribution in [0.1, 0.15) is 62.0 Å². The first-order valence-corrected chi connectivity index (χ1v) is 9.57. The minimum Gasteiger partial charge on any atom is -0.334 e. The van der Waals surface area contributed by atoms with E-state index in [2.05, 4.69) is 9.97 Å². The van der Waals surface area contributed by atoms with Crippen LogP contribution in [0.25, 0.3) is 11.0 Å². The predicted octanol–water partition coefficient (Wildman–Crippen LogP) is 1.18. The number of nitrogens with one attached hydrogen (secondary N) is 1. The molecule has 0 saturated carbocycles. The maximum Gasteiger partial charge on any atom is 0.329 e. The van der Waals surface area contributed by atoms with Gasteiger partial charge in [0.15, 0.2) is 5.65 Å². The molecule has 3 heterocycles. The molecule has 1 aliphatic rings. The van der Waals surface area contributed by atoms with Gasteiger partial charge in [0.05, 0.1) is 10.9 Å². The number of nitrogens with two attached hydrogens (primary N) is 1. The molecule has 3 N–H and O–H groups in total. The Bertz CT molecular complexity index is 976. The third-order valence-electron chi connectivity index (χ3n) is 5.15. The van der Waals surface area contributed by atoms with Crippen molar-refractivity contribution in [3.63, 3.8) is 0 Å². The summed E-state index contributed by atoms with van der Waals surface area (Å²) in [6, 6.07) is 1.67. The van der Waals surface area contributed by atoms with Gasteiger partial charge in [0, 0.05) is 31.4 Å². The summed E-state index contributed by atoms with van der Waals surface area (Å²) in [6.45, 7) is 7.31. The third kappa shape index (κ3) is 3.41. The summed E-state index contributed by atoms with van der Waals surface area (Å²) >= 11 is 0. The molecule has 0 spiro atoms. The number of pyridine rings is 1. The Labute approximate surface area is 157 Å². The van der Waals surface area contributed by atoms with E-state index in [1.165, 1.54) is 4.57 Å². The Balaban J connectivity index is 2.31. The predicted molar refractivity (Wildman–Crippen MR) is 104 cm³/mol. The molecule has 1 aliphatic heterocycles. The maximum absolute atomic E-state index is 13.3. The normalized spacial score (nSPS) is 17.2. The van der Waals surface area contributed by atoms with Crippen LogP contribution >= 0.6 is 0 Å². The van der Waals surface area contributed by atoms with Gasteiger partial charge in [-0.25, -0.2) is 9.78 Å². The number of hydrogen-bond donors (Lipinski definition) is 2. The van der Waals surface area contributed by atoms with Crippen molar-refractivity contribution in [1.82, 2.24) is 19.4 Å². The topological polar surface area (TPSA) is 114 Å². The van der Waals surface area contributed by atoms with Crippen molar-refractivity contribution in [3.05, 3.63) is 38.2 Å². The smallest absolute Gasteiger partial charge is 0.329 e. The average molecular weight is 373 g/mol. The van der Waals surface area contributed by atoms with E-state index < -0.39 is 11.2 Å². The minimum atomic E-state index is -0.572. The molecular formula is C19H27N5O3. The summed E-state index contributed by atoms with van der Waals surface area (Å²) in [5.41, 5.74) is 6.02. The van der Waals surface area contributed by atoms with Crippen LogP contribution in [-0.4, -0.2) is 44.5 Å². The number of aromatic nitrogens is 3. The molecule has 0 aliphatic carbocycles. The van der Waals surface area contributed by atoms with Crippen LogP contribution < -0.4 is 17.0 Å². The molecule has 1 unspecified atom stereocenters. The van der Waals surface area contributed by atoms with Gasteiger partial charge in [0.2, 0.25) is 0 Å². The van der Waals surface area contributed by atoms with Crippen LogP contribution in [-0.2, 0) is 6.54 Å². The van der Waals surface area contributed by atoms with E-state index in [1.807, 2.05) is 20.8 Å². The van der Waals surface area contributed by atoms with Crippen LogP contribution in [0.15, 0.2) is 15.7 Å². The second-order valence-electron chi connectivity index (χ2n) is 7.39. The largest absolute Gasteiger partial charge is 0.334 e. The van der Waals surface area contributed by atoms with Crippen molar-refractivity contribution in [3.8, 4) is 0 Å². The second-order valence-corrected chi connectivity index (χ2v) is 7.39. The monoisotopic (exact) mass is 373 g/mol. The number of carbonyl (C=O) groups is 1. The fourth-order valence-corrected chi connectivity index (χ4v) is 3.69. The van der Waals surface area contributed by atoms with Gasteiger partial charge in [-0.1, -0.05) is 20.8 Å². The van der Waals surface area contributed by atoms with Crippen LogP contribution in [0.2, 0.25) is 0 Å². The molecule has 27 heavy (non-hydrogen) atoms. The number of fused-ring (bicyclic) bond motifs is 1. The lowest BCUT2D eigenvalue weighted by Crippen LogP contribution is -2.41. The Hall–Kier alpha value is -2.48. The molecular weight excluding hydrogens is 346 g/mol. The van der Waals surface area contributed by atoms with E-state index in [-0.39, 0.29) is 28.9 Å². The van der Waals surface area contributed by atoms with Gasteiger partial charge in [-0.15, -0.1) is 0 Å². The highest BCUT2D eigenvalue weighted by Crippen LogP contribution is 2.24. The lowest BCUT2D eigenvalue weighted by molar-refractivity contribution is 0.0743. The van der Waals surface area contributed by atoms with Crippen LogP contribution in [0.4, 0.5) is 0 Å². The third-order valence-corrected chi connectivity index (χ3v) is 5.15. The van der Waals surface area contributed by atoms with E-state index in [9.17, 15) is 14.4 Å². The number of aromatic amines is 1. The Morgan fingerprint density at radius 1 is 1.41 bits per heavy atom. The summed E-state index contributed by atoms with van der Waals surface area (Å²) in [5, 5.41) is 0.181. The highest BCUT2D eigenvalue weighted by molar-refractivity contribution is 6.05. The van der Waals surface area contributed by atoms with Crippen LogP contribution in [0, 0.1) is 0 Å². The summed E-state index contributed by atoms with van der Waals surface area (Å²) in [5.74, 6) is -0.168.